The molecule has 0 bridgehead atoms. The van der Waals surface area contributed by atoms with Crippen LogP contribution < -0.4 is 4.74 Å². The third kappa shape index (κ3) is 3.48. The first kappa shape index (κ1) is 16.0. The molecule has 25 heavy (non-hydrogen) atoms. The number of aromatic nitrogens is 4. The number of carbonyl (C=O) groups is 1. The number of ether oxygens (including phenoxy) is 1. The summed E-state index contributed by atoms with van der Waals surface area (Å²) < 4.78 is 7.35. The van der Waals surface area contributed by atoms with Gasteiger partial charge in [-0.25, -0.2) is 9.67 Å². The van der Waals surface area contributed by atoms with Gasteiger partial charge in [0.15, 0.2) is 0 Å². The van der Waals surface area contributed by atoms with Gasteiger partial charge in [-0.3, -0.25) is 4.79 Å². The lowest BCUT2D eigenvalue weighted by Crippen LogP contribution is -2.39. The van der Waals surface area contributed by atoms with E-state index in [2.05, 4.69) is 15.3 Å². The Morgan fingerprint density at radius 1 is 1.40 bits per heavy atom. The van der Waals surface area contributed by atoms with E-state index in [1.54, 1.807) is 40.3 Å². The number of pyridine rings is 1. The fourth-order valence-electron chi connectivity index (χ4n) is 3.23. The minimum absolute atomic E-state index is 0.115. The summed E-state index contributed by atoms with van der Waals surface area (Å²) in [5.74, 6) is 0.378. The van der Waals surface area contributed by atoms with Gasteiger partial charge in [-0.05, 0) is 31.7 Å². The number of amides is 1. The largest absolute Gasteiger partial charge is 0.474 e. The van der Waals surface area contributed by atoms with Gasteiger partial charge in [0, 0.05) is 30.6 Å². The summed E-state index contributed by atoms with van der Waals surface area (Å²) in [6.45, 7) is 1.10. The minimum Gasteiger partial charge on any atom is -0.474 e. The molecule has 1 aliphatic carbocycles. The van der Waals surface area contributed by atoms with E-state index >= 15 is 0 Å². The molecule has 1 aliphatic heterocycles. The van der Waals surface area contributed by atoms with Gasteiger partial charge in [0.2, 0.25) is 5.88 Å². The van der Waals surface area contributed by atoms with Crippen molar-refractivity contribution in [3.8, 4) is 5.88 Å². The van der Waals surface area contributed by atoms with Crippen molar-refractivity contribution >= 4 is 5.91 Å². The van der Waals surface area contributed by atoms with Crippen molar-refractivity contribution in [2.24, 2.45) is 0 Å². The molecule has 8 nitrogen and oxygen atoms in total. The monoisotopic (exact) mass is 343 g/mol. The maximum Gasteiger partial charge on any atom is 0.254 e. The zero-order chi connectivity index (χ0) is 17.3. The van der Waals surface area contributed by atoms with Crippen molar-refractivity contribution < 1.29 is 14.6 Å². The Balaban J connectivity index is 1.41. The summed E-state index contributed by atoms with van der Waals surface area (Å²) in [6, 6.07) is 3.38. The van der Waals surface area contributed by atoms with Gasteiger partial charge >= 0.3 is 0 Å². The molecule has 1 amide bonds. The number of carbonyl (C=O) groups excluding carboxylic acids is 1. The lowest BCUT2D eigenvalue weighted by atomic mass is 9.96. The number of hydrogen-bond donors (Lipinski definition) is 1. The zero-order valence-corrected chi connectivity index (χ0v) is 13.9. The topological polar surface area (TPSA) is 93.4 Å². The second-order valence-corrected chi connectivity index (χ2v) is 6.86. The van der Waals surface area contributed by atoms with Crippen LogP contribution in [-0.2, 0) is 6.54 Å². The van der Waals surface area contributed by atoms with E-state index < -0.39 is 5.60 Å². The van der Waals surface area contributed by atoms with Gasteiger partial charge in [0.25, 0.3) is 5.91 Å². The van der Waals surface area contributed by atoms with E-state index in [1.807, 2.05) is 0 Å². The molecule has 1 saturated heterocycles. The molecule has 2 aromatic heterocycles. The fraction of sp³-hybridized carbons (Fsp3) is 0.529. The van der Waals surface area contributed by atoms with Crippen LogP contribution in [0.5, 0.6) is 5.88 Å². The van der Waals surface area contributed by atoms with Gasteiger partial charge in [-0.15, -0.1) is 5.10 Å². The first-order valence-corrected chi connectivity index (χ1v) is 8.60. The van der Waals surface area contributed by atoms with Crippen LogP contribution >= 0.6 is 0 Å². The number of β-amino-alcohol motifs (C(OH)–C–C–N with tert-alkyl or cyclic N) is 1. The van der Waals surface area contributed by atoms with E-state index in [0.717, 1.165) is 12.8 Å². The Kier molecular flexibility index (Phi) is 4.12. The van der Waals surface area contributed by atoms with E-state index in [1.165, 1.54) is 6.42 Å². The number of rotatable bonds is 5. The van der Waals surface area contributed by atoms with E-state index in [9.17, 15) is 9.90 Å². The minimum atomic E-state index is -0.984. The molecule has 0 radical (unpaired) electrons. The van der Waals surface area contributed by atoms with Crippen molar-refractivity contribution in [3.05, 3.63) is 36.3 Å². The van der Waals surface area contributed by atoms with Crippen molar-refractivity contribution in [2.75, 3.05) is 13.1 Å². The molecule has 0 aromatic carbocycles. The summed E-state index contributed by atoms with van der Waals surface area (Å²) in [7, 11) is 0. The summed E-state index contributed by atoms with van der Waals surface area (Å²) in [5, 5.41) is 18.3. The maximum atomic E-state index is 12.8. The summed E-state index contributed by atoms with van der Waals surface area (Å²) in [6.07, 6.45) is 8.87. The Labute approximate surface area is 145 Å². The molecule has 2 fully saturated rings. The van der Waals surface area contributed by atoms with Gasteiger partial charge in [0.05, 0.1) is 19.3 Å². The van der Waals surface area contributed by atoms with E-state index in [0.29, 0.717) is 31.0 Å². The molecule has 1 N–H and O–H groups in total. The molecule has 1 saturated carbocycles. The number of nitrogens with zero attached hydrogens (tertiary/aromatic N) is 5. The normalized spacial score (nSPS) is 23.5. The zero-order valence-electron chi connectivity index (χ0n) is 13.9. The Bertz CT molecular complexity index is 747. The molecule has 132 valence electrons. The van der Waals surface area contributed by atoms with Crippen LogP contribution in [0.15, 0.2) is 30.7 Å². The average molecular weight is 343 g/mol. The Hall–Kier alpha value is -2.48. The lowest BCUT2D eigenvalue weighted by molar-refractivity contribution is 0.0266. The van der Waals surface area contributed by atoms with E-state index in [-0.39, 0.29) is 18.6 Å². The highest BCUT2D eigenvalue weighted by atomic mass is 16.5. The molecule has 1 atom stereocenters. The van der Waals surface area contributed by atoms with Crippen LogP contribution in [0.25, 0.3) is 0 Å². The highest BCUT2D eigenvalue weighted by Gasteiger charge is 2.39. The van der Waals surface area contributed by atoms with Crippen LogP contribution in [0.2, 0.25) is 0 Å². The molecule has 2 aliphatic rings. The number of aliphatic hydroxyl groups is 1. The lowest BCUT2D eigenvalue weighted by Gasteiger charge is -2.26. The third-order valence-electron chi connectivity index (χ3n) is 4.87. The Morgan fingerprint density at radius 2 is 2.28 bits per heavy atom. The highest BCUT2D eigenvalue weighted by Crippen LogP contribution is 2.27. The summed E-state index contributed by atoms with van der Waals surface area (Å²) in [5.41, 5.74) is -0.448. The molecule has 4 rings (SSSR count). The van der Waals surface area contributed by atoms with Gasteiger partial charge in [-0.1, -0.05) is 5.21 Å². The quantitative estimate of drug-likeness (QED) is 0.866. The maximum absolute atomic E-state index is 12.8. The molecule has 8 heteroatoms. The van der Waals surface area contributed by atoms with Crippen molar-refractivity contribution in [2.45, 2.75) is 43.9 Å². The summed E-state index contributed by atoms with van der Waals surface area (Å²) in [4.78, 5) is 18.6. The molecule has 3 heterocycles. The first-order valence-electron chi connectivity index (χ1n) is 8.60. The molecular formula is C17H21N5O3. The third-order valence-corrected chi connectivity index (χ3v) is 4.87. The van der Waals surface area contributed by atoms with Crippen LogP contribution in [0.3, 0.4) is 0 Å². The van der Waals surface area contributed by atoms with Crippen LogP contribution in [0.4, 0.5) is 0 Å². The van der Waals surface area contributed by atoms with E-state index in [4.69, 9.17) is 4.74 Å². The van der Waals surface area contributed by atoms with Crippen molar-refractivity contribution in [1.29, 1.82) is 0 Å². The second-order valence-electron chi connectivity index (χ2n) is 6.86. The predicted octanol–water partition coefficient (Wildman–Crippen LogP) is 0.882. The van der Waals surface area contributed by atoms with Crippen LogP contribution in [0, 0.1) is 0 Å². The van der Waals surface area contributed by atoms with Crippen LogP contribution in [0.1, 0.15) is 36.0 Å². The van der Waals surface area contributed by atoms with Gasteiger partial charge < -0.3 is 14.7 Å². The van der Waals surface area contributed by atoms with Gasteiger partial charge in [-0.2, -0.15) is 0 Å². The first-order chi connectivity index (χ1) is 12.1. The average Bonchev–Trinajstić information content (AvgIpc) is 3.21. The molecule has 2 aromatic rings. The SMILES string of the molecule is O=C(c1ccnc(OC2CCC2)c1)N1CCC(O)(Cn2ccnn2)C1. The summed E-state index contributed by atoms with van der Waals surface area (Å²) >= 11 is 0. The second kappa shape index (κ2) is 6.44. The highest BCUT2D eigenvalue weighted by molar-refractivity contribution is 5.94. The predicted molar refractivity (Wildman–Crippen MR) is 88.0 cm³/mol. The van der Waals surface area contributed by atoms with Gasteiger partial charge in [0.1, 0.15) is 11.7 Å². The Morgan fingerprint density at radius 3 is 3.00 bits per heavy atom. The van der Waals surface area contributed by atoms with Crippen molar-refractivity contribution in [1.82, 2.24) is 24.9 Å². The molecule has 0 spiro atoms. The smallest absolute Gasteiger partial charge is 0.254 e. The fourth-order valence-corrected chi connectivity index (χ4v) is 3.23. The molecular weight excluding hydrogens is 322 g/mol. The van der Waals surface area contributed by atoms with Crippen LogP contribution in [-0.4, -0.2) is 60.7 Å². The number of likely N-dealkylation sites (tertiary alicyclic amines) is 1. The van der Waals surface area contributed by atoms with Crippen molar-refractivity contribution in [3.63, 3.8) is 0 Å². The standard InChI is InChI=1S/C17H21N5O3/c23-16(13-4-6-18-15(10-13)25-14-2-1-3-14)21-8-5-17(24,11-21)12-22-9-7-19-20-22/h4,6-7,9-10,14,24H,1-3,5,8,11-12H2. The molecule has 1 unspecified atom stereocenters. The number of hydrogen-bond acceptors (Lipinski definition) is 6.